The quantitative estimate of drug-likeness (QED) is 0.303. The number of nitrogens with two attached hydrogens (primary N) is 1. The third-order valence-corrected chi connectivity index (χ3v) is 5.55. The van der Waals surface area contributed by atoms with E-state index in [1.54, 1.807) is 6.07 Å². The maximum atomic E-state index is 14.3. The van der Waals surface area contributed by atoms with E-state index in [1.165, 1.54) is 18.2 Å². The molecule has 3 rings (SSSR count). The molecule has 0 bridgehead atoms. The smallest absolute Gasteiger partial charge is 0.332 e. The van der Waals surface area contributed by atoms with Gasteiger partial charge < -0.3 is 21.5 Å². The fourth-order valence-corrected chi connectivity index (χ4v) is 3.76. The van der Waals surface area contributed by atoms with Crippen LogP contribution in [0, 0.1) is 5.82 Å². The summed E-state index contributed by atoms with van der Waals surface area (Å²) >= 11 is 0. The van der Waals surface area contributed by atoms with Gasteiger partial charge in [0, 0.05) is 36.5 Å². The Labute approximate surface area is 207 Å². The summed E-state index contributed by atoms with van der Waals surface area (Å²) in [7, 11) is 0. The molecule has 0 aliphatic carbocycles. The van der Waals surface area contributed by atoms with E-state index in [1.807, 2.05) is 31.2 Å². The van der Waals surface area contributed by atoms with E-state index in [-0.39, 0.29) is 43.0 Å². The molecular weight excluding hydrogens is 465 g/mol. The van der Waals surface area contributed by atoms with Gasteiger partial charge in [0.2, 0.25) is 0 Å². The van der Waals surface area contributed by atoms with Crippen molar-refractivity contribution < 1.29 is 14.3 Å². The number of nitrogens with zero attached hydrogens (tertiary/aromatic N) is 2. The van der Waals surface area contributed by atoms with Gasteiger partial charge in [-0.05, 0) is 43.5 Å². The van der Waals surface area contributed by atoms with Gasteiger partial charge in [-0.25, -0.2) is 9.18 Å². The number of carboxylic acid groups (broad SMARTS) is 1. The Bertz CT molecular complexity index is 1360. The van der Waals surface area contributed by atoms with E-state index < -0.39 is 23.0 Å². The van der Waals surface area contributed by atoms with Gasteiger partial charge in [-0.1, -0.05) is 36.9 Å². The molecule has 0 amide bonds. The second-order valence-corrected chi connectivity index (χ2v) is 8.45. The number of benzene rings is 2. The van der Waals surface area contributed by atoms with E-state index in [9.17, 15) is 18.8 Å². The summed E-state index contributed by atoms with van der Waals surface area (Å²) in [4.78, 5) is 37.3. The van der Waals surface area contributed by atoms with Crippen molar-refractivity contribution >= 4 is 23.2 Å². The summed E-state index contributed by atoms with van der Waals surface area (Å²) in [5, 5.41) is 15.1. The van der Waals surface area contributed by atoms with E-state index in [0.29, 0.717) is 13.0 Å². The molecule has 0 radical (unpaired) electrons. The number of nitrogen functional groups attached to an aromatic ring is 1. The molecule has 0 aliphatic heterocycles. The monoisotopic (exact) mass is 495 g/mol. The van der Waals surface area contributed by atoms with Crippen LogP contribution in [0.25, 0.3) is 0 Å². The maximum Gasteiger partial charge on any atom is 0.332 e. The minimum absolute atomic E-state index is 0.000378. The van der Waals surface area contributed by atoms with Gasteiger partial charge in [-0.15, -0.1) is 0 Å². The first-order valence-corrected chi connectivity index (χ1v) is 11.5. The second-order valence-electron chi connectivity index (χ2n) is 8.45. The summed E-state index contributed by atoms with van der Waals surface area (Å²) in [6.07, 6.45) is 0.538. The first-order valence-electron chi connectivity index (χ1n) is 11.5. The number of hydrogen-bond donors (Lipinski definition) is 4. The van der Waals surface area contributed by atoms with Gasteiger partial charge in [-0.2, -0.15) is 0 Å². The molecule has 0 saturated heterocycles. The number of halogens is 1. The predicted molar refractivity (Wildman–Crippen MR) is 139 cm³/mol. The number of hydrogen-bond acceptors (Lipinski definition) is 6. The van der Waals surface area contributed by atoms with Crippen LogP contribution in [-0.2, 0) is 24.3 Å². The number of carboxylic acids is 1. The largest absolute Gasteiger partial charge is 0.481 e. The molecular formula is C26H30FN5O4. The Morgan fingerprint density at radius 3 is 2.44 bits per heavy atom. The van der Waals surface area contributed by atoms with Crippen molar-refractivity contribution in [2.24, 2.45) is 0 Å². The topological polar surface area (TPSA) is 131 Å². The average Bonchev–Trinajstić information content (AvgIpc) is 2.83. The lowest BCUT2D eigenvalue weighted by molar-refractivity contribution is -0.137. The third kappa shape index (κ3) is 6.62. The minimum Gasteiger partial charge on any atom is -0.481 e. The summed E-state index contributed by atoms with van der Waals surface area (Å²) < 4.78 is 16.3. The van der Waals surface area contributed by atoms with E-state index in [4.69, 9.17) is 10.8 Å². The second kappa shape index (κ2) is 11.9. The lowest BCUT2D eigenvalue weighted by Gasteiger charge is -2.18. The Morgan fingerprint density at radius 1 is 1.11 bits per heavy atom. The van der Waals surface area contributed by atoms with Crippen LogP contribution in [0.3, 0.4) is 0 Å². The number of nitrogens with one attached hydrogen (secondary N) is 2. The zero-order valence-corrected chi connectivity index (χ0v) is 20.1. The van der Waals surface area contributed by atoms with Crippen LogP contribution >= 0.6 is 0 Å². The number of anilines is 3. The van der Waals surface area contributed by atoms with Crippen molar-refractivity contribution in [1.29, 1.82) is 0 Å². The molecule has 0 aliphatic rings. The zero-order chi connectivity index (χ0) is 26.2. The lowest BCUT2D eigenvalue weighted by Crippen LogP contribution is -2.43. The highest BCUT2D eigenvalue weighted by Crippen LogP contribution is 2.15. The van der Waals surface area contributed by atoms with Gasteiger partial charge in [0.1, 0.15) is 17.3 Å². The molecule has 9 nitrogen and oxygen atoms in total. The molecule has 3 aromatic rings. The molecule has 0 atom stereocenters. The summed E-state index contributed by atoms with van der Waals surface area (Å²) in [6.45, 7) is 5.74. The molecule has 190 valence electrons. The normalized spacial score (nSPS) is 10.7. The molecule has 0 saturated carbocycles. The first-order chi connectivity index (χ1) is 17.2. The Morgan fingerprint density at radius 2 is 1.81 bits per heavy atom. The minimum atomic E-state index is -1.01. The first kappa shape index (κ1) is 26.3. The third-order valence-electron chi connectivity index (χ3n) is 5.55. The Hall–Kier alpha value is -4.34. The zero-order valence-electron chi connectivity index (χ0n) is 20.1. The number of aliphatic carboxylic acids is 1. The van der Waals surface area contributed by atoms with Gasteiger partial charge in [0.15, 0.2) is 0 Å². The lowest BCUT2D eigenvalue weighted by atomic mass is 10.1. The standard InChI is InChI=1S/C26H30FN5O4/c1-17(2)30-20-11-9-18(10-12-20)13-14-29-23-24(28)31(15-5-8-22(33)34)26(36)32(25(23)35)16-19-6-3-4-7-21(19)27/h3-4,6-7,9-12,29-30H,1,5,8,13-16,28H2,2H3,(H,33,34). The molecule has 0 unspecified atom stereocenters. The van der Waals surface area contributed by atoms with Gasteiger partial charge in [-0.3, -0.25) is 18.7 Å². The van der Waals surface area contributed by atoms with Crippen molar-refractivity contribution in [3.63, 3.8) is 0 Å². The number of allylic oxidation sites excluding steroid dienone is 1. The van der Waals surface area contributed by atoms with Gasteiger partial charge in [0.05, 0.1) is 6.54 Å². The molecule has 5 N–H and O–H groups in total. The van der Waals surface area contributed by atoms with Crippen LogP contribution in [-0.4, -0.2) is 26.8 Å². The molecule has 0 spiro atoms. The molecule has 10 heteroatoms. The highest BCUT2D eigenvalue weighted by molar-refractivity contribution is 5.66. The van der Waals surface area contributed by atoms with Crippen LogP contribution in [0.15, 0.2) is 70.4 Å². The predicted octanol–water partition coefficient (Wildman–Crippen LogP) is 3.24. The Balaban J connectivity index is 1.88. The molecule has 1 heterocycles. The van der Waals surface area contributed by atoms with Crippen molar-refractivity contribution in [1.82, 2.24) is 9.13 Å². The summed E-state index contributed by atoms with van der Waals surface area (Å²) in [5.41, 5.74) is 7.73. The van der Waals surface area contributed by atoms with Gasteiger partial charge >= 0.3 is 11.7 Å². The van der Waals surface area contributed by atoms with Gasteiger partial charge in [0.25, 0.3) is 5.56 Å². The van der Waals surface area contributed by atoms with Crippen LogP contribution < -0.4 is 27.6 Å². The highest BCUT2D eigenvalue weighted by atomic mass is 19.1. The van der Waals surface area contributed by atoms with Crippen LogP contribution in [0.2, 0.25) is 0 Å². The average molecular weight is 496 g/mol. The molecule has 0 fully saturated rings. The van der Waals surface area contributed by atoms with Crippen LogP contribution in [0.4, 0.5) is 21.6 Å². The number of carbonyl (C=O) groups is 1. The van der Waals surface area contributed by atoms with Crippen molar-refractivity contribution in [2.75, 3.05) is 22.9 Å². The van der Waals surface area contributed by atoms with Crippen LogP contribution in [0.1, 0.15) is 30.9 Å². The SMILES string of the molecule is C=C(C)Nc1ccc(CCNc2c(N)n(CCCC(=O)O)c(=O)n(Cc3ccccc3F)c2=O)cc1. The van der Waals surface area contributed by atoms with Crippen molar-refractivity contribution in [3.8, 4) is 0 Å². The van der Waals surface area contributed by atoms with Crippen molar-refractivity contribution in [2.45, 2.75) is 39.3 Å². The molecule has 36 heavy (non-hydrogen) atoms. The summed E-state index contributed by atoms with van der Waals surface area (Å²) in [6, 6.07) is 13.6. The fourth-order valence-electron chi connectivity index (χ4n) is 3.76. The van der Waals surface area contributed by atoms with Crippen molar-refractivity contribution in [3.05, 3.63) is 98.6 Å². The highest BCUT2D eigenvalue weighted by Gasteiger charge is 2.18. The number of aromatic nitrogens is 2. The summed E-state index contributed by atoms with van der Waals surface area (Å²) in [5.74, 6) is -1.64. The Kier molecular flexibility index (Phi) is 8.66. The van der Waals surface area contributed by atoms with E-state index in [2.05, 4.69) is 17.2 Å². The maximum absolute atomic E-state index is 14.3. The molecule has 1 aromatic heterocycles. The fraction of sp³-hybridized carbons (Fsp3) is 0.269. The van der Waals surface area contributed by atoms with E-state index in [0.717, 1.165) is 26.1 Å². The molecule has 2 aromatic carbocycles. The van der Waals surface area contributed by atoms with E-state index >= 15 is 0 Å². The van der Waals surface area contributed by atoms with Crippen LogP contribution in [0.5, 0.6) is 0 Å². The number of rotatable bonds is 12.